The molecule has 3 nitrogen and oxygen atoms in total. The molecule has 0 aliphatic heterocycles. The van der Waals surface area contributed by atoms with Crippen molar-refractivity contribution in [3.05, 3.63) is 66.2 Å². The highest BCUT2D eigenvalue weighted by Crippen LogP contribution is 2.29. The fraction of sp³-hybridized carbons (Fsp3) is 0.200. The maximum Gasteiger partial charge on any atom is 0.527 e. The van der Waals surface area contributed by atoms with Crippen LogP contribution in [0.5, 0.6) is 0 Å². The van der Waals surface area contributed by atoms with Crippen molar-refractivity contribution in [2.75, 3.05) is 5.75 Å². The van der Waals surface area contributed by atoms with E-state index in [1.54, 1.807) is 30.3 Å². The molecular weight excluding hydrogens is 349 g/mol. The van der Waals surface area contributed by atoms with Gasteiger partial charge in [0.15, 0.2) is 10.6 Å². The molecule has 0 spiro atoms. The van der Waals surface area contributed by atoms with E-state index in [0.717, 1.165) is 5.56 Å². The molecule has 2 aromatic rings. The molecule has 124 valence electrons. The van der Waals surface area contributed by atoms with E-state index in [1.807, 2.05) is 30.3 Å². The highest BCUT2D eigenvalue weighted by atomic mass is 32.3. The third kappa shape index (κ3) is 4.98. The zero-order chi connectivity index (χ0) is 16.9. The fourth-order valence-corrected chi connectivity index (χ4v) is 4.64. The molecule has 0 bridgehead atoms. The molecule has 0 N–H and O–H groups in total. The van der Waals surface area contributed by atoms with E-state index in [9.17, 15) is 21.6 Å². The Morgan fingerprint density at radius 3 is 1.96 bits per heavy atom. The summed E-state index contributed by atoms with van der Waals surface area (Å²) in [6.45, 7) is 0. The molecule has 0 aliphatic rings. The van der Waals surface area contributed by atoms with Gasteiger partial charge in [-0.25, -0.2) is 0 Å². The number of rotatable bonds is 6. The number of aryl methyl sites for hydroxylation is 1. The summed E-state index contributed by atoms with van der Waals surface area (Å²) in [7, 11) is -5.64. The van der Waals surface area contributed by atoms with E-state index in [-0.39, 0.29) is 5.75 Å². The van der Waals surface area contributed by atoms with Crippen molar-refractivity contribution in [1.29, 1.82) is 0 Å². The Kier molecular flexibility index (Phi) is 5.72. The molecule has 0 radical (unpaired) electrons. The quantitative estimate of drug-likeness (QED) is 0.581. The van der Waals surface area contributed by atoms with Gasteiger partial charge < -0.3 is 0 Å². The minimum Gasteiger partial charge on any atom is -0.185 e. The number of hydrogen-bond donors (Lipinski definition) is 0. The van der Waals surface area contributed by atoms with Gasteiger partial charge in [0, 0.05) is 6.42 Å². The highest BCUT2D eigenvalue weighted by molar-refractivity contribution is 8.03. The monoisotopic (exact) mass is 363 g/mol. The van der Waals surface area contributed by atoms with Crippen molar-refractivity contribution in [3.8, 4) is 0 Å². The molecule has 0 fully saturated rings. The van der Waals surface area contributed by atoms with E-state index in [0.29, 0.717) is 11.3 Å². The van der Waals surface area contributed by atoms with Crippen LogP contribution in [0.4, 0.5) is 13.2 Å². The Balaban J connectivity index is 2.19. The lowest BCUT2D eigenvalue weighted by molar-refractivity contribution is -0.0495. The molecule has 1 unspecified atom stereocenters. The average Bonchev–Trinajstić information content (AvgIpc) is 2.52. The van der Waals surface area contributed by atoms with Gasteiger partial charge in [-0.15, -0.1) is 0 Å². The summed E-state index contributed by atoms with van der Waals surface area (Å²) in [5.41, 5.74) is -4.53. The van der Waals surface area contributed by atoms with E-state index >= 15 is 0 Å². The first kappa shape index (κ1) is 17.8. The van der Waals surface area contributed by atoms with E-state index in [1.165, 1.54) is 0 Å². The predicted octanol–water partition coefficient (Wildman–Crippen LogP) is 3.69. The van der Waals surface area contributed by atoms with E-state index in [4.69, 9.17) is 0 Å². The molecule has 0 amide bonds. The second-order valence-corrected chi connectivity index (χ2v) is 8.05. The Morgan fingerprint density at radius 1 is 0.913 bits per heavy atom. The lowest BCUT2D eigenvalue weighted by Crippen LogP contribution is -2.29. The third-order valence-electron chi connectivity index (χ3n) is 2.88. The molecular formula is C15H14F3O3S2+. The average molecular weight is 363 g/mol. The standard InChI is InChI=1S/C15H14F3O3S2/c16-15(17,18)23(19,20)21-22(14-9-5-2-6-10-14)12-11-13-7-3-1-4-8-13/h1-10H,11-12H2/q+1. The molecule has 23 heavy (non-hydrogen) atoms. The van der Waals surface area contributed by atoms with Crippen LogP contribution in [0, 0.1) is 0 Å². The van der Waals surface area contributed by atoms with Crippen LogP contribution in [0.1, 0.15) is 5.56 Å². The van der Waals surface area contributed by atoms with Gasteiger partial charge in [-0.1, -0.05) is 48.5 Å². The van der Waals surface area contributed by atoms with Crippen LogP contribution in [0.3, 0.4) is 0 Å². The molecule has 2 aromatic carbocycles. The summed E-state index contributed by atoms with van der Waals surface area (Å²) in [6.07, 6.45) is 0.409. The molecule has 1 atom stereocenters. The van der Waals surface area contributed by atoms with Gasteiger partial charge in [0.05, 0.1) is 0 Å². The van der Waals surface area contributed by atoms with Crippen LogP contribution in [-0.2, 0) is 31.3 Å². The van der Waals surface area contributed by atoms with Crippen LogP contribution in [-0.4, -0.2) is 19.7 Å². The number of alkyl halides is 3. The number of hydrogen-bond acceptors (Lipinski definition) is 3. The second kappa shape index (κ2) is 7.37. The molecule has 0 saturated heterocycles. The van der Waals surface area contributed by atoms with Gasteiger partial charge in [-0.2, -0.15) is 21.6 Å². The Hall–Kier alpha value is -1.51. The summed E-state index contributed by atoms with van der Waals surface area (Å²) in [5.74, 6) is 0.142. The smallest absolute Gasteiger partial charge is 0.185 e. The fourth-order valence-electron chi connectivity index (χ4n) is 1.77. The molecule has 8 heteroatoms. The second-order valence-electron chi connectivity index (χ2n) is 4.57. The summed E-state index contributed by atoms with van der Waals surface area (Å²) < 4.78 is 64.8. The molecule has 0 saturated carbocycles. The maximum atomic E-state index is 12.6. The first-order valence-corrected chi connectivity index (χ1v) is 9.33. The van der Waals surface area contributed by atoms with Crippen molar-refractivity contribution < 1.29 is 25.2 Å². The Bertz CT molecular complexity index is 717. The van der Waals surface area contributed by atoms with Gasteiger partial charge in [-0.3, -0.25) is 0 Å². The van der Waals surface area contributed by atoms with Gasteiger partial charge in [-0.05, 0) is 21.3 Å². The van der Waals surface area contributed by atoms with Gasteiger partial charge in [0.1, 0.15) is 0 Å². The third-order valence-corrected chi connectivity index (χ3v) is 6.19. The lowest BCUT2D eigenvalue weighted by Gasteiger charge is -2.09. The van der Waals surface area contributed by atoms with Gasteiger partial charge in [0.25, 0.3) is 0 Å². The minimum absolute atomic E-state index is 0.142. The summed E-state index contributed by atoms with van der Waals surface area (Å²) >= 11 is -1.51. The van der Waals surface area contributed by atoms with Crippen LogP contribution in [0.2, 0.25) is 0 Å². The maximum absolute atomic E-state index is 12.6. The van der Waals surface area contributed by atoms with Crippen molar-refractivity contribution >= 4 is 21.3 Å². The number of benzene rings is 2. The molecule has 0 aromatic heterocycles. The van der Waals surface area contributed by atoms with Crippen LogP contribution in [0.25, 0.3) is 0 Å². The summed E-state index contributed by atoms with van der Waals surface area (Å²) in [6, 6.07) is 17.1. The molecule has 2 rings (SSSR count). The number of halogens is 3. The first-order valence-electron chi connectivity index (χ1n) is 6.61. The predicted molar refractivity (Wildman–Crippen MR) is 83.1 cm³/mol. The van der Waals surface area contributed by atoms with Crippen LogP contribution < -0.4 is 0 Å². The van der Waals surface area contributed by atoms with E-state index < -0.39 is 26.8 Å². The molecule has 0 heterocycles. The lowest BCUT2D eigenvalue weighted by atomic mass is 10.2. The Labute approximate surface area is 135 Å². The zero-order valence-corrected chi connectivity index (χ0v) is 13.5. The van der Waals surface area contributed by atoms with Crippen molar-refractivity contribution in [3.63, 3.8) is 0 Å². The highest BCUT2D eigenvalue weighted by Gasteiger charge is 2.52. The topological polar surface area (TPSA) is 43.4 Å². The Morgan fingerprint density at radius 2 is 1.43 bits per heavy atom. The minimum atomic E-state index is -5.64. The normalized spacial score (nSPS) is 13.7. The largest absolute Gasteiger partial charge is 0.527 e. The first-order chi connectivity index (χ1) is 10.8. The van der Waals surface area contributed by atoms with Crippen LogP contribution in [0.15, 0.2) is 65.6 Å². The SMILES string of the molecule is O=S(=O)(O[S+](CCc1ccccc1)c1ccccc1)C(F)(F)F. The van der Waals surface area contributed by atoms with Gasteiger partial charge >= 0.3 is 15.6 Å². The summed E-state index contributed by atoms with van der Waals surface area (Å²) in [4.78, 5) is 0.413. The van der Waals surface area contributed by atoms with Crippen molar-refractivity contribution in [2.45, 2.75) is 16.8 Å². The van der Waals surface area contributed by atoms with E-state index in [2.05, 4.69) is 3.63 Å². The van der Waals surface area contributed by atoms with Gasteiger partial charge in [0.2, 0.25) is 11.2 Å². The van der Waals surface area contributed by atoms with Crippen molar-refractivity contribution in [2.24, 2.45) is 0 Å². The van der Waals surface area contributed by atoms with Crippen molar-refractivity contribution in [1.82, 2.24) is 0 Å². The molecule has 0 aliphatic carbocycles. The zero-order valence-electron chi connectivity index (χ0n) is 11.9. The summed E-state index contributed by atoms with van der Waals surface area (Å²) in [5, 5.41) is 0. The van der Waals surface area contributed by atoms with Crippen LogP contribution >= 0.6 is 0 Å².